The Morgan fingerprint density at radius 2 is 0.609 bits per heavy atom. The predicted molar refractivity (Wildman–Crippen MR) is 289 cm³/mol. The molecule has 0 aliphatic heterocycles. The van der Waals surface area contributed by atoms with E-state index in [-0.39, 0.29) is 0 Å². The fourth-order valence-electron chi connectivity index (χ4n) is 10.8. The molecule has 0 saturated heterocycles. The maximum atomic E-state index is 5.37. The van der Waals surface area contributed by atoms with Crippen LogP contribution in [0.1, 0.15) is 0 Å². The van der Waals surface area contributed by atoms with E-state index < -0.39 is 0 Å². The van der Waals surface area contributed by atoms with Crippen LogP contribution >= 0.6 is 0 Å². The van der Waals surface area contributed by atoms with E-state index in [1.807, 2.05) is 0 Å². The van der Waals surface area contributed by atoms with Crippen LogP contribution in [0.5, 0.6) is 0 Å². The molecule has 14 rings (SSSR count). The Morgan fingerprint density at radius 1 is 0.217 bits per heavy atom. The van der Waals surface area contributed by atoms with Crippen LogP contribution in [0.3, 0.4) is 0 Å². The number of benzene rings is 10. The lowest BCUT2D eigenvalue weighted by Crippen LogP contribution is -2.00. The summed E-state index contributed by atoms with van der Waals surface area (Å²) in [7, 11) is 0. The number of rotatable bonds is 7. The van der Waals surface area contributed by atoms with Gasteiger partial charge in [0.2, 0.25) is 0 Å². The molecule has 14 aromatic rings. The number of pyridine rings is 1. The van der Waals surface area contributed by atoms with Crippen molar-refractivity contribution in [3.8, 4) is 61.8 Å². The molecule has 0 amide bonds. The smallest absolute Gasteiger partial charge is 0.138 e. The number of para-hydroxylation sites is 3. The first-order valence-corrected chi connectivity index (χ1v) is 23.6. The molecule has 69 heavy (non-hydrogen) atoms. The zero-order valence-corrected chi connectivity index (χ0v) is 37.5. The highest BCUT2D eigenvalue weighted by molar-refractivity contribution is 6.14. The van der Waals surface area contributed by atoms with Gasteiger partial charge in [-0.15, -0.1) is 0 Å². The summed E-state index contributed by atoms with van der Waals surface area (Å²) in [5.41, 5.74) is 18.3. The molecule has 10 aromatic carbocycles. The van der Waals surface area contributed by atoms with Crippen molar-refractivity contribution in [3.05, 3.63) is 255 Å². The lowest BCUT2D eigenvalue weighted by atomic mass is 10.0. The molecule has 0 aliphatic rings. The Labute approximate surface area is 398 Å². The van der Waals surface area contributed by atoms with Crippen molar-refractivity contribution >= 4 is 65.4 Å². The van der Waals surface area contributed by atoms with Crippen LogP contribution in [0, 0.1) is 0 Å². The molecular formula is C65H42N4. The minimum Gasteiger partial charge on any atom is -0.309 e. The molecule has 0 aliphatic carbocycles. The van der Waals surface area contributed by atoms with Gasteiger partial charge in [-0.1, -0.05) is 164 Å². The van der Waals surface area contributed by atoms with Crippen LogP contribution in [0.4, 0.5) is 0 Å². The third-order valence-electron chi connectivity index (χ3n) is 14.0. The summed E-state index contributed by atoms with van der Waals surface area (Å²) in [6.07, 6.45) is 0. The fourth-order valence-corrected chi connectivity index (χ4v) is 10.8. The normalized spacial score (nSPS) is 11.8. The van der Waals surface area contributed by atoms with E-state index >= 15 is 0 Å². The number of aromatic nitrogens is 4. The van der Waals surface area contributed by atoms with E-state index in [1.165, 1.54) is 76.6 Å². The molecule has 4 aromatic heterocycles. The van der Waals surface area contributed by atoms with Gasteiger partial charge in [0, 0.05) is 49.3 Å². The fraction of sp³-hybridized carbons (Fsp3) is 0. The van der Waals surface area contributed by atoms with Crippen molar-refractivity contribution in [2.75, 3.05) is 0 Å². The first-order chi connectivity index (χ1) is 34.2. The highest BCUT2D eigenvalue weighted by Gasteiger charge is 2.20. The van der Waals surface area contributed by atoms with Crippen LogP contribution in [0.15, 0.2) is 255 Å². The number of hydrogen-bond donors (Lipinski definition) is 0. The molecule has 0 atom stereocenters. The number of nitrogens with zero attached hydrogens (tertiary/aromatic N) is 4. The molecule has 0 fully saturated rings. The van der Waals surface area contributed by atoms with Gasteiger partial charge in [0.15, 0.2) is 0 Å². The lowest BCUT2D eigenvalue weighted by molar-refractivity contribution is 1.08. The van der Waals surface area contributed by atoms with E-state index in [0.717, 1.165) is 50.6 Å². The molecular weight excluding hydrogens is 837 g/mol. The van der Waals surface area contributed by atoms with Crippen LogP contribution in [0.2, 0.25) is 0 Å². The highest BCUT2D eigenvalue weighted by Crippen LogP contribution is 2.41. The summed E-state index contributed by atoms with van der Waals surface area (Å²) in [6, 6.07) is 92.3. The molecule has 0 bridgehead atoms. The van der Waals surface area contributed by atoms with E-state index in [9.17, 15) is 0 Å². The minimum absolute atomic E-state index is 0.892. The molecule has 0 spiro atoms. The Hall–Kier alpha value is -9.25. The standard InChI is InChI=1S/C65H42N4/c1-5-17-43(18-6-1)46-29-33-62-56(37-46)57-42-51(32-36-63(57)67(62)50-23-11-4-12-24-50)68-59-27-15-13-25-52(59)54-38-47(30-34-61(54)68)48-31-35-64-55(39-48)53-26-14-16-28-60(53)69(64)65-41-49(44-19-7-2-8-20-44)40-58(66-65)45-21-9-3-10-22-45/h1-42H. The highest BCUT2D eigenvalue weighted by atomic mass is 15.1. The maximum absolute atomic E-state index is 5.37. The molecule has 322 valence electrons. The van der Waals surface area contributed by atoms with Crippen molar-refractivity contribution < 1.29 is 0 Å². The van der Waals surface area contributed by atoms with Gasteiger partial charge in [0.05, 0.1) is 38.8 Å². The summed E-state index contributed by atoms with van der Waals surface area (Å²) in [6.45, 7) is 0. The molecule has 4 heteroatoms. The van der Waals surface area contributed by atoms with Crippen molar-refractivity contribution in [1.29, 1.82) is 0 Å². The Balaban J connectivity index is 0.923. The third kappa shape index (κ3) is 6.34. The Morgan fingerprint density at radius 3 is 1.19 bits per heavy atom. The quantitative estimate of drug-likeness (QED) is 0.157. The molecule has 4 nitrogen and oxygen atoms in total. The number of hydrogen-bond acceptors (Lipinski definition) is 1. The zero-order valence-electron chi connectivity index (χ0n) is 37.5. The van der Waals surface area contributed by atoms with Gasteiger partial charge >= 0.3 is 0 Å². The predicted octanol–water partition coefficient (Wildman–Crippen LogP) is 17.0. The van der Waals surface area contributed by atoms with E-state index in [4.69, 9.17) is 4.98 Å². The molecule has 0 radical (unpaired) electrons. The van der Waals surface area contributed by atoms with Crippen LogP contribution < -0.4 is 0 Å². The van der Waals surface area contributed by atoms with Gasteiger partial charge < -0.3 is 9.13 Å². The summed E-state index contributed by atoms with van der Waals surface area (Å²) >= 11 is 0. The maximum Gasteiger partial charge on any atom is 0.138 e. The lowest BCUT2D eigenvalue weighted by Gasteiger charge is -2.13. The van der Waals surface area contributed by atoms with Crippen molar-refractivity contribution in [2.24, 2.45) is 0 Å². The summed E-state index contributed by atoms with van der Waals surface area (Å²) < 4.78 is 7.17. The Bertz CT molecular complexity index is 4220. The van der Waals surface area contributed by atoms with E-state index in [2.05, 4.69) is 268 Å². The van der Waals surface area contributed by atoms with Gasteiger partial charge in [-0.05, 0) is 124 Å². The van der Waals surface area contributed by atoms with Gasteiger partial charge in [-0.2, -0.15) is 0 Å². The van der Waals surface area contributed by atoms with Gasteiger partial charge in [0.1, 0.15) is 5.82 Å². The van der Waals surface area contributed by atoms with Crippen molar-refractivity contribution in [1.82, 2.24) is 18.7 Å². The Kier molecular flexibility index (Phi) is 8.86. The largest absolute Gasteiger partial charge is 0.309 e. The van der Waals surface area contributed by atoms with Crippen LogP contribution in [-0.4, -0.2) is 18.7 Å². The average Bonchev–Trinajstić information content (AvgIpc) is 4.06. The second-order valence-electron chi connectivity index (χ2n) is 18.0. The van der Waals surface area contributed by atoms with Gasteiger partial charge in [-0.25, -0.2) is 4.98 Å². The minimum atomic E-state index is 0.892. The van der Waals surface area contributed by atoms with E-state index in [0.29, 0.717) is 0 Å². The second-order valence-corrected chi connectivity index (χ2v) is 18.0. The van der Waals surface area contributed by atoms with E-state index in [1.54, 1.807) is 0 Å². The first-order valence-electron chi connectivity index (χ1n) is 23.6. The number of fused-ring (bicyclic) bond motifs is 9. The molecule has 0 saturated carbocycles. The summed E-state index contributed by atoms with van der Waals surface area (Å²) in [5, 5.41) is 7.28. The topological polar surface area (TPSA) is 27.7 Å². The molecule has 0 N–H and O–H groups in total. The average molecular weight is 879 g/mol. The summed E-state index contributed by atoms with van der Waals surface area (Å²) in [5.74, 6) is 0.892. The summed E-state index contributed by atoms with van der Waals surface area (Å²) in [4.78, 5) is 5.37. The zero-order chi connectivity index (χ0) is 45.4. The molecule has 0 unspecified atom stereocenters. The monoisotopic (exact) mass is 878 g/mol. The van der Waals surface area contributed by atoms with Crippen LogP contribution in [0.25, 0.3) is 127 Å². The van der Waals surface area contributed by atoms with Crippen molar-refractivity contribution in [3.63, 3.8) is 0 Å². The van der Waals surface area contributed by atoms with Crippen LogP contribution in [-0.2, 0) is 0 Å². The third-order valence-corrected chi connectivity index (χ3v) is 14.0. The van der Waals surface area contributed by atoms with Gasteiger partial charge in [0.25, 0.3) is 0 Å². The SMILES string of the molecule is c1ccc(-c2cc(-c3ccccc3)nc(-n3c4ccccc4c4cc(-c5ccc6c(c5)c5ccccc5n6-c5ccc6c(c5)c5cc(-c7ccccc7)ccc5n6-c5ccccc5)ccc43)c2)cc1. The van der Waals surface area contributed by atoms with Crippen molar-refractivity contribution in [2.45, 2.75) is 0 Å². The second kappa shape index (κ2) is 15.7. The van der Waals surface area contributed by atoms with Gasteiger partial charge in [-0.3, -0.25) is 4.57 Å². The first kappa shape index (κ1) is 39.0. The molecule has 4 heterocycles.